The van der Waals surface area contributed by atoms with Crippen molar-refractivity contribution in [2.24, 2.45) is 5.92 Å². The molecule has 0 saturated heterocycles. The van der Waals surface area contributed by atoms with E-state index in [1.807, 2.05) is 43.3 Å². The average Bonchev–Trinajstić information content (AvgIpc) is 2.53. The third-order valence-electron chi connectivity index (χ3n) is 3.55. The van der Waals surface area contributed by atoms with Gasteiger partial charge in [-0.1, -0.05) is 43.7 Å². The van der Waals surface area contributed by atoms with Crippen LogP contribution in [-0.4, -0.2) is 19.1 Å². The molecule has 0 fully saturated rings. The van der Waals surface area contributed by atoms with E-state index >= 15 is 0 Å². The first kappa shape index (κ1) is 17.9. The summed E-state index contributed by atoms with van der Waals surface area (Å²) < 4.78 is 5.76. The third kappa shape index (κ3) is 5.30. The third-order valence-corrected chi connectivity index (χ3v) is 3.55. The van der Waals surface area contributed by atoms with Gasteiger partial charge in [0.2, 0.25) is 5.91 Å². The SMILES string of the molecule is Cc1ccc(NCC(=O)Nc2ccccc2OCC(C)C)c(C)c1. The highest BCUT2D eigenvalue weighted by Gasteiger charge is 2.09. The van der Waals surface area contributed by atoms with Crippen LogP contribution in [0.3, 0.4) is 0 Å². The molecule has 0 heterocycles. The van der Waals surface area contributed by atoms with Gasteiger partial charge in [0.25, 0.3) is 0 Å². The molecule has 0 bridgehead atoms. The Morgan fingerprint density at radius 2 is 1.83 bits per heavy atom. The maximum atomic E-state index is 12.2. The van der Waals surface area contributed by atoms with Gasteiger partial charge >= 0.3 is 0 Å². The number of para-hydroxylation sites is 2. The molecule has 0 radical (unpaired) electrons. The van der Waals surface area contributed by atoms with Gasteiger partial charge in [-0.2, -0.15) is 0 Å². The molecular formula is C20H26N2O2. The van der Waals surface area contributed by atoms with E-state index in [1.165, 1.54) is 5.56 Å². The van der Waals surface area contributed by atoms with Crippen LogP contribution in [0.2, 0.25) is 0 Å². The Kier molecular flexibility index (Phi) is 6.24. The topological polar surface area (TPSA) is 50.4 Å². The molecule has 0 aliphatic rings. The van der Waals surface area contributed by atoms with Gasteiger partial charge in [-0.3, -0.25) is 4.79 Å². The van der Waals surface area contributed by atoms with Crippen molar-refractivity contribution in [2.45, 2.75) is 27.7 Å². The lowest BCUT2D eigenvalue weighted by Crippen LogP contribution is -2.22. The summed E-state index contributed by atoms with van der Waals surface area (Å²) in [6, 6.07) is 13.6. The largest absolute Gasteiger partial charge is 0.491 e. The summed E-state index contributed by atoms with van der Waals surface area (Å²) in [5.74, 6) is 1.03. The fourth-order valence-corrected chi connectivity index (χ4v) is 2.33. The minimum absolute atomic E-state index is 0.101. The maximum Gasteiger partial charge on any atom is 0.243 e. The number of benzene rings is 2. The van der Waals surface area contributed by atoms with Crippen LogP contribution in [0.1, 0.15) is 25.0 Å². The van der Waals surface area contributed by atoms with Crippen molar-refractivity contribution in [1.82, 2.24) is 0 Å². The zero-order valence-electron chi connectivity index (χ0n) is 14.8. The summed E-state index contributed by atoms with van der Waals surface area (Å²) in [5, 5.41) is 6.09. The van der Waals surface area contributed by atoms with Gasteiger partial charge < -0.3 is 15.4 Å². The second-order valence-corrected chi connectivity index (χ2v) is 6.42. The Labute approximate surface area is 144 Å². The molecule has 128 valence electrons. The predicted molar refractivity (Wildman–Crippen MR) is 99.8 cm³/mol. The molecule has 2 aromatic rings. The summed E-state index contributed by atoms with van der Waals surface area (Å²) in [6.45, 7) is 9.10. The Bertz CT molecular complexity index is 696. The smallest absolute Gasteiger partial charge is 0.243 e. The Morgan fingerprint density at radius 3 is 2.54 bits per heavy atom. The van der Waals surface area contributed by atoms with Crippen molar-refractivity contribution in [1.29, 1.82) is 0 Å². The minimum atomic E-state index is -0.101. The highest BCUT2D eigenvalue weighted by molar-refractivity contribution is 5.95. The van der Waals surface area contributed by atoms with Gasteiger partial charge in [-0.15, -0.1) is 0 Å². The Morgan fingerprint density at radius 1 is 1.08 bits per heavy atom. The number of aryl methyl sites for hydroxylation is 2. The molecule has 24 heavy (non-hydrogen) atoms. The van der Waals surface area contributed by atoms with Gasteiger partial charge in [0.05, 0.1) is 18.8 Å². The van der Waals surface area contributed by atoms with Crippen molar-refractivity contribution in [3.63, 3.8) is 0 Å². The number of hydrogen-bond donors (Lipinski definition) is 2. The molecule has 1 amide bonds. The number of ether oxygens (including phenoxy) is 1. The quantitative estimate of drug-likeness (QED) is 0.793. The van der Waals surface area contributed by atoms with Crippen molar-refractivity contribution < 1.29 is 9.53 Å². The van der Waals surface area contributed by atoms with E-state index in [1.54, 1.807) is 0 Å². The lowest BCUT2D eigenvalue weighted by Gasteiger charge is -2.14. The summed E-state index contributed by atoms with van der Waals surface area (Å²) in [4.78, 5) is 12.2. The molecular weight excluding hydrogens is 300 g/mol. The number of carbonyl (C=O) groups is 1. The monoisotopic (exact) mass is 326 g/mol. The molecule has 4 heteroatoms. The molecule has 2 N–H and O–H groups in total. The molecule has 0 spiro atoms. The van der Waals surface area contributed by atoms with Crippen molar-refractivity contribution >= 4 is 17.3 Å². The van der Waals surface area contributed by atoms with Crippen LogP contribution in [0, 0.1) is 19.8 Å². The Hall–Kier alpha value is -2.49. The summed E-state index contributed by atoms with van der Waals surface area (Å²) in [6.07, 6.45) is 0. The number of rotatable bonds is 7. The molecule has 2 aromatic carbocycles. The van der Waals surface area contributed by atoms with E-state index < -0.39 is 0 Å². The predicted octanol–water partition coefficient (Wildman–Crippen LogP) is 4.39. The van der Waals surface area contributed by atoms with Crippen molar-refractivity contribution in [3.8, 4) is 5.75 Å². The second kappa shape index (κ2) is 8.39. The van der Waals surface area contributed by atoms with Gasteiger partial charge in [0, 0.05) is 5.69 Å². The summed E-state index contributed by atoms with van der Waals surface area (Å²) in [7, 11) is 0. The molecule has 2 rings (SSSR count). The molecule has 4 nitrogen and oxygen atoms in total. The minimum Gasteiger partial charge on any atom is -0.491 e. The van der Waals surface area contributed by atoms with Crippen LogP contribution in [0.4, 0.5) is 11.4 Å². The molecule has 0 unspecified atom stereocenters. The fraction of sp³-hybridized carbons (Fsp3) is 0.350. The number of anilines is 2. The van der Waals surface area contributed by atoms with Crippen LogP contribution in [-0.2, 0) is 4.79 Å². The lowest BCUT2D eigenvalue weighted by molar-refractivity contribution is -0.114. The van der Waals surface area contributed by atoms with E-state index in [4.69, 9.17) is 4.74 Å². The number of nitrogens with one attached hydrogen (secondary N) is 2. The first-order valence-corrected chi connectivity index (χ1v) is 8.28. The molecule has 0 aromatic heterocycles. The highest BCUT2D eigenvalue weighted by Crippen LogP contribution is 2.24. The van der Waals surface area contributed by atoms with E-state index in [9.17, 15) is 4.79 Å². The zero-order chi connectivity index (χ0) is 17.5. The van der Waals surface area contributed by atoms with Crippen LogP contribution in [0.5, 0.6) is 5.75 Å². The first-order chi connectivity index (χ1) is 11.5. The number of carbonyl (C=O) groups excluding carboxylic acids is 1. The number of hydrogen-bond acceptors (Lipinski definition) is 3. The van der Waals surface area contributed by atoms with Gasteiger partial charge in [-0.25, -0.2) is 0 Å². The van der Waals surface area contributed by atoms with E-state index in [0.717, 1.165) is 11.3 Å². The van der Waals surface area contributed by atoms with Gasteiger partial charge in [-0.05, 0) is 43.5 Å². The maximum absolute atomic E-state index is 12.2. The lowest BCUT2D eigenvalue weighted by atomic mass is 10.1. The van der Waals surface area contributed by atoms with E-state index in [-0.39, 0.29) is 12.5 Å². The average molecular weight is 326 g/mol. The van der Waals surface area contributed by atoms with Crippen molar-refractivity contribution in [3.05, 3.63) is 53.6 Å². The molecule has 0 aliphatic carbocycles. The number of amides is 1. The van der Waals surface area contributed by atoms with Gasteiger partial charge in [0.1, 0.15) is 5.75 Å². The highest BCUT2D eigenvalue weighted by atomic mass is 16.5. The fourth-order valence-electron chi connectivity index (χ4n) is 2.33. The Balaban J connectivity index is 1.95. The second-order valence-electron chi connectivity index (χ2n) is 6.42. The summed E-state index contributed by atoms with van der Waals surface area (Å²) in [5.41, 5.74) is 4.01. The summed E-state index contributed by atoms with van der Waals surface area (Å²) >= 11 is 0. The van der Waals surface area contributed by atoms with E-state index in [0.29, 0.717) is 24.0 Å². The van der Waals surface area contributed by atoms with Crippen LogP contribution < -0.4 is 15.4 Å². The van der Waals surface area contributed by atoms with Crippen LogP contribution >= 0.6 is 0 Å². The van der Waals surface area contributed by atoms with Crippen LogP contribution in [0.15, 0.2) is 42.5 Å². The molecule has 0 saturated carbocycles. The molecule has 0 aliphatic heterocycles. The van der Waals surface area contributed by atoms with Gasteiger partial charge in [0.15, 0.2) is 0 Å². The van der Waals surface area contributed by atoms with E-state index in [2.05, 4.69) is 37.5 Å². The normalized spacial score (nSPS) is 10.5. The molecule has 0 atom stereocenters. The zero-order valence-corrected chi connectivity index (χ0v) is 14.8. The van der Waals surface area contributed by atoms with Crippen LogP contribution in [0.25, 0.3) is 0 Å². The van der Waals surface area contributed by atoms with Crippen molar-refractivity contribution in [2.75, 3.05) is 23.8 Å². The standard InChI is InChI=1S/C20H26N2O2/c1-14(2)13-24-19-8-6-5-7-18(19)22-20(23)12-21-17-10-9-15(3)11-16(17)4/h5-11,14,21H,12-13H2,1-4H3,(H,22,23). The first-order valence-electron chi connectivity index (χ1n) is 8.28.